The quantitative estimate of drug-likeness (QED) is 0.288. The van der Waals surface area contributed by atoms with Crippen molar-refractivity contribution in [1.29, 1.82) is 0 Å². The highest BCUT2D eigenvalue weighted by atomic mass is 127. The number of hydrogen-bond acceptors (Lipinski definition) is 7. The first kappa shape index (κ1) is 18.4. The van der Waals surface area contributed by atoms with Crippen molar-refractivity contribution in [2.24, 2.45) is 0 Å². The van der Waals surface area contributed by atoms with Crippen molar-refractivity contribution in [3.8, 4) is 0 Å². The molecule has 2 heterocycles. The molecule has 134 valence electrons. The standard InChI is InChI=1S/C15H10BrIN4O5/c16-8-2-1-7-5-19-14(13(18)9(7)3-8)20-15(22)25-6-11-10(17)4-12(26-11)21(23)24/h1-5H,6,18H2,(H,19,20,22). The first-order valence-electron chi connectivity index (χ1n) is 7.05. The SMILES string of the molecule is Nc1c(NC(=O)OCc2oc([N+](=O)[O-])cc2I)ncc2ccc(Br)cc12. The highest BCUT2D eigenvalue weighted by molar-refractivity contribution is 14.1. The van der Waals surface area contributed by atoms with Crippen LogP contribution < -0.4 is 11.1 Å². The molecule has 0 aliphatic carbocycles. The summed E-state index contributed by atoms with van der Waals surface area (Å²) in [6.45, 7) is -0.267. The molecule has 3 rings (SSSR count). The number of nitrogens with zero attached hydrogens (tertiary/aromatic N) is 2. The lowest BCUT2D eigenvalue weighted by Gasteiger charge is -2.10. The van der Waals surface area contributed by atoms with Gasteiger partial charge in [0, 0.05) is 21.4 Å². The molecule has 0 atom stereocenters. The molecular weight excluding hydrogens is 523 g/mol. The number of fused-ring (bicyclic) bond motifs is 1. The molecule has 1 aromatic carbocycles. The van der Waals surface area contributed by atoms with Gasteiger partial charge in [0.2, 0.25) is 0 Å². The van der Waals surface area contributed by atoms with E-state index in [0.717, 1.165) is 15.2 Å². The van der Waals surface area contributed by atoms with Crippen LogP contribution in [0.25, 0.3) is 10.8 Å². The van der Waals surface area contributed by atoms with Gasteiger partial charge in [-0.2, -0.15) is 0 Å². The Morgan fingerprint density at radius 1 is 1.46 bits per heavy atom. The molecule has 0 saturated carbocycles. The normalized spacial score (nSPS) is 10.7. The molecule has 3 N–H and O–H groups in total. The van der Waals surface area contributed by atoms with Crippen molar-refractivity contribution in [3.63, 3.8) is 0 Å². The number of anilines is 2. The summed E-state index contributed by atoms with van der Waals surface area (Å²) >= 11 is 5.22. The van der Waals surface area contributed by atoms with Crippen molar-refractivity contribution in [1.82, 2.24) is 4.98 Å². The van der Waals surface area contributed by atoms with Gasteiger partial charge in [-0.3, -0.25) is 15.4 Å². The number of nitro groups is 1. The highest BCUT2D eigenvalue weighted by Crippen LogP contribution is 2.29. The van der Waals surface area contributed by atoms with Crippen molar-refractivity contribution < 1.29 is 18.9 Å². The molecule has 0 bridgehead atoms. The predicted molar refractivity (Wildman–Crippen MR) is 106 cm³/mol. The van der Waals surface area contributed by atoms with Gasteiger partial charge in [-0.1, -0.05) is 22.0 Å². The van der Waals surface area contributed by atoms with Crippen molar-refractivity contribution in [2.75, 3.05) is 11.1 Å². The van der Waals surface area contributed by atoms with E-state index in [1.807, 2.05) is 40.8 Å². The maximum atomic E-state index is 12.0. The van der Waals surface area contributed by atoms with Crippen molar-refractivity contribution >= 4 is 72.8 Å². The van der Waals surface area contributed by atoms with Gasteiger partial charge < -0.3 is 14.9 Å². The van der Waals surface area contributed by atoms with Gasteiger partial charge in [0.25, 0.3) is 0 Å². The van der Waals surface area contributed by atoms with Crippen molar-refractivity contribution in [3.05, 3.63) is 54.4 Å². The molecule has 0 spiro atoms. The Kier molecular flexibility index (Phi) is 5.27. The molecule has 11 heteroatoms. The summed E-state index contributed by atoms with van der Waals surface area (Å²) in [5.41, 5.74) is 6.35. The Morgan fingerprint density at radius 2 is 2.23 bits per heavy atom. The lowest BCUT2D eigenvalue weighted by atomic mass is 10.1. The number of ether oxygens (including phenoxy) is 1. The van der Waals surface area contributed by atoms with Crippen LogP contribution >= 0.6 is 38.5 Å². The van der Waals surface area contributed by atoms with E-state index in [1.165, 1.54) is 6.07 Å². The van der Waals surface area contributed by atoms with E-state index < -0.39 is 16.9 Å². The molecule has 0 fully saturated rings. The Balaban J connectivity index is 1.71. The number of nitrogens with two attached hydrogens (primary N) is 1. The third-order valence-corrected chi connectivity index (χ3v) is 4.78. The van der Waals surface area contributed by atoms with Crippen LogP contribution in [-0.4, -0.2) is 16.0 Å². The fraction of sp³-hybridized carbons (Fsp3) is 0.0667. The van der Waals surface area contributed by atoms with Crippen LogP contribution in [0.2, 0.25) is 0 Å². The molecular formula is C15H10BrIN4O5. The largest absolute Gasteiger partial charge is 0.441 e. The Labute approximate surface area is 168 Å². The predicted octanol–water partition coefficient (Wildman–Crippen LogP) is 4.43. The second-order valence-corrected chi connectivity index (χ2v) is 7.14. The van der Waals surface area contributed by atoms with E-state index >= 15 is 0 Å². The number of aromatic nitrogens is 1. The number of amides is 1. The van der Waals surface area contributed by atoms with Crippen LogP contribution in [0, 0.1) is 13.7 Å². The Hall–Kier alpha value is -2.41. The summed E-state index contributed by atoms with van der Waals surface area (Å²) in [5.74, 6) is -0.0871. The van der Waals surface area contributed by atoms with Gasteiger partial charge >= 0.3 is 12.0 Å². The summed E-state index contributed by atoms with van der Waals surface area (Å²) in [7, 11) is 0. The molecule has 1 amide bonds. The fourth-order valence-corrected chi connectivity index (χ4v) is 3.04. The summed E-state index contributed by atoms with van der Waals surface area (Å²) in [5, 5.41) is 14.7. The number of nitrogens with one attached hydrogen (secondary N) is 1. The maximum absolute atomic E-state index is 12.0. The molecule has 2 aromatic heterocycles. The molecule has 0 aliphatic rings. The van der Waals surface area contributed by atoms with Crippen molar-refractivity contribution in [2.45, 2.75) is 6.61 Å². The van der Waals surface area contributed by atoms with E-state index in [9.17, 15) is 14.9 Å². The second kappa shape index (κ2) is 7.45. The minimum atomic E-state index is -0.812. The summed E-state index contributed by atoms with van der Waals surface area (Å²) in [6, 6.07) is 6.76. The molecule has 26 heavy (non-hydrogen) atoms. The van der Waals surface area contributed by atoms with Gasteiger partial charge in [-0.05, 0) is 34.7 Å². The van der Waals surface area contributed by atoms with Crippen LogP contribution in [0.5, 0.6) is 0 Å². The van der Waals surface area contributed by atoms with E-state index in [0.29, 0.717) is 9.26 Å². The molecule has 0 radical (unpaired) electrons. The third kappa shape index (κ3) is 3.88. The summed E-state index contributed by atoms with van der Waals surface area (Å²) < 4.78 is 11.4. The average Bonchev–Trinajstić information content (AvgIpc) is 2.97. The number of pyridine rings is 1. The minimum absolute atomic E-state index is 0.153. The molecule has 0 saturated heterocycles. The molecule has 3 aromatic rings. The lowest BCUT2D eigenvalue weighted by molar-refractivity contribution is -0.402. The highest BCUT2D eigenvalue weighted by Gasteiger charge is 2.19. The first-order chi connectivity index (χ1) is 12.3. The summed E-state index contributed by atoms with van der Waals surface area (Å²) in [6.07, 6.45) is 0.764. The fourth-order valence-electron chi connectivity index (χ4n) is 2.15. The van der Waals surface area contributed by atoms with Crippen LogP contribution in [0.1, 0.15) is 5.76 Å². The topological polar surface area (TPSA) is 134 Å². The van der Waals surface area contributed by atoms with E-state index in [4.69, 9.17) is 14.9 Å². The van der Waals surface area contributed by atoms with Gasteiger partial charge in [0.05, 0.1) is 15.3 Å². The lowest BCUT2D eigenvalue weighted by Crippen LogP contribution is -2.16. The first-order valence-corrected chi connectivity index (χ1v) is 8.92. The molecule has 0 unspecified atom stereocenters. The van der Waals surface area contributed by atoms with E-state index in [1.54, 1.807) is 6.20 Å². The number of carbonyl (C=O) groups excluding carboxylic acids is 1. The monoisotopic (exact) mass is 532 g/mol. The van der Waals surface area contributed by atoms with Crippen LogP contribution in [-0.2, 0) is 11.3 Å². The number of furan rings is 1. The number of hydrogen-bond donors (Lipinski definition) is 2. The van der Waals surface area contributed by atoms with Gasteiger partial charge in [0.1, 0.15) is 4.92 Å². The number of carbonyl (C=O) groups is 1. The number of rotatable bonds is 4. The third-order valence-electron chi connectivity index (χ3n) is 3.37. The number of halogens is 2. The van der Waals surface area contributed by atoms with Gasteiger partial charge in [-0.25, -0.2) is 9.78 Å². The smallest absolute Gasteiger partial charge is 0.434 e. The summed E-state index contributed by atoms with van der Waals surface area (Å²) in [4.78, 5) is 26.1. The average molecular weight is 533 g/mol. The minimum Gasteiger partial charge on any atom is -0.441 e. The second-order valence-electron chi connectivity index (χ2n) is 5.07. The number of benzene rings is 1. The van der Waals surface area contributed by atoms with Gasteiger partial charge in [-0.15, -0.1) is 0 Å². The molecule has 0 aliphatic heterocycles. The van der Waals surface area contributed by atoms with E-state index in [2.05, 4.69) is 26.2 Å². The maximum Gasteiger partial charge on any atom is 0.434 e. The van der Waals surface area contributed by atoms with Crippen LogP contribution in [0.3, 0.4) is 0 Å². The van der Waals surface area contributed by atoms with E-state index in [-0.39, 0.29) is 18.2 Å². The zero-order valence-corrected chi connectivity index (χ0v) is 16.6. The van der Waals surface area contributed by atoms with Gasteiger partial charge in [0.15, 0.2) is 18.2 Å². The zero-order chi connectivity index (χ0) is 18.8. The van der Waals surface area contributed by atoms with Crippen LogP contribution in [0.4, 0.5) is 22.2 Å². The molecule has 9 nitrogen and oxygen atoms in total. The Morgan fingerprint density at radius 3 is 2.92 bits per heavy atom. The Bertz CT molecular complexity index is 1020. The zero-order valence-electron chi connectivity index (χ0n) is 12.9. The number of nitrogen functional groups attached to an aromatic ring is 1. The van der Waals surface area contributed by atoms with Crippen LogP contribution in [0.15, 0.2) is 39.4 Å².